The summed E-state index contributed by atoms with van der Waals surface area (Å²) in [4.78, 5) is 4.29. The lowest BCUT2D eigenvalue weighted by Gasteiger charge is -2.14. The predicted molar refractivity (Wildman–Crippen MR) is 75.7 cm³/mol. The Morgan fingerprint density at radius 2 is 1.76 bits per heavy atom. The van der Waals surface area contributed by atoms with E-state index in [2.05, 4.69) is 4.98 Å². The molecule has 17 heavy (non-hydrogen) atoms. The molecule has 1 rings (SSSR count). The molecule has 0 aliphatic heterocycles. The van der Waals surface area contributed by atoms with Crippen LogP contribution in [0.15, 0.2) is 24.4 Å². The molecule has 0 unspecified atom stereocenters. The molecular formula is C10H15N5S2. The molecule has 5 nitrogen and oxygen atoms in total. The average molecular weight is 269 g/mol. The van der Waals surface area contributed by atoms with E-state index in [0.29, 0.717) is 11.5 Å². The number of nitrogens with zero attached hydrogens (tertiary/aromatic N) is 1. The van der Waals surface area contributed by atoms with Crippen molar-refractivity contribution in [3.63, 3.8) is 0 Å². The maximum atomic E-state index is 7.21. The molecule has 0 amide bonds. The van der Waals surface area contributed by atoms with E-state index in [4.69, 9.17) is 22.3 Å². The second-order valence-corrected chi connectivity index (χ2v) is 5.43. The minimum atomic E-state index is 0.0961. The van der Waals surface area contributed by atoms with Crippen molar-refractivity contribution < 1.29 is 0 Å². The quantitative estimate of drug-likeness (QED) is 0.477. The molecule has 0 fully saturated rings. The third-order valence-corrected chi connectivity index (χ3v) is 3.75. The van der Waals surface area contributed by atoms with Gasteiger partial charge in [-0.05, 0) is 12.1 Å². The van der Waals surface area contributed by atoms with Crippen LogP contribution < -0.4 is 11.5 Å². The van der Waals surface area contributed by atoms with Gasteiger partial charge in [-0.15, -0.1) is 0 Å². The Balaban J connectivity index is 2.64. The second kappa shape index (κ2) is 7.18. The first-order chi connectivity index (χ1) is 8.09. The van der Waals surface area contributed by atoms with Crippen molar-refractivity contribution in [2.45, 2.75) is 5.92 Å². The van der Waals surface area contributed by atoms with Crippen LogP contribution in [0.1, 0.15) is 11.6 Å². The molecule has 0 aliphatic carbocycles. The SMILES string of the molecule is N=C(N)SCC(CSC(=N)N)c1ccccn1. The fraction of sp³-hybridized carbons (Fsp3) is 0.300. The van der Waals surface area contributed by atoms with Crippen LogP contribution in [0, 0.1) is 10.8 Å². The van der Waals surface area contributed by atoms with E-state index in [0.717, 1.165) is 5.69 Å². The molecule has 1 aromatic rings. The van der Waals surface area contributed by atoms with Gasteiger partial charge in [-0.3, -0.25) is 15.8 Å². The number of thioether (sulfide) groups is 2. The molecule has 0 atom stereocenters. The van der Waals surface area contributed by atoms with E-state index in [-0.39, 0.29) is 16.3 Å². The molecule has 0 aliphatic rings. The number of nitrogens with one attached hydrogen (secondary N) is 2. The van der Waals surface area contributed by atoms with Crippen LogP contribution in [0.5, 0.6) is 0 Å². The molecule has 1 heterocycles. The third-order valence-electron chi connectivity index (χ3n) is 1.99. The van der Waals surface area contributed by atoms with E-state index in [1.54, 1.807) is 6.20 Å². The highest BCUT2D eigenvalue weighted by Gasteiger charge is 2.14. The van der Waals surface area contributed by atoms with Crippen molar-refractivity contribution in [1.29, 1.82) is 10.8 Å². The van der Waals surface area contributed by atoms with Crippen molar-refractivity contribution in [3.05, 3.63) is 30.1 Å². The first kappa shape index (κ1) is 13.9. The smallest absolute Gasteiger partial charge is 0.151 e. The zero-order valence-electron chi connectivity index (χ0n) is 9.22. The van der Waals surface area contributed by atoms with E-state index in [1.165, 1.54) is 23.5 Å². The topological polar surface area (TPSA) is 113 Å². The Hall–Kier alpha value is -1.21. The number of amidine groups is 2. The van der Waals surface area contributed by atoms with Crippen LogP contribution in [-0.2, 0) is 0 Å². The molecule has 0 spiro atoms. The Morgan fingerprint density at radius 3 is 2.18 bits per heavy atom. The second-order valence-electron chi connectivity index (χ2n) is 3.30. The highest BCUT2D eigenvalue weighted by Crippen LogP contribution is 2.23. The van der Waals surface area contributed by atoms with Gasteiger partial charge in [-0.1, -0.05) is 29.6 Å². The minimum Gasteiger partial charge on any atom is -0.379 e. The van der Waals surface area contributed by atoms with Gasteiger partial charge in [-0.25, -0.2) is 0 Å². The molecule has 0 saturated heterocycles. The first-order valence-electron chi connectivity index (χ1n) is 4.94. The van der Waals surface area contributed by atoms with Gasteiger partial charge in [-0.2, -0.15) is 0 Å². The van der Waals surface area contributed by atoms with Crippen LogP contribution in [0.3, 0.4) is 0 Å². The largest absolute Gasteiger partial charge is 0.379 e. The standard InChI is InChI=1S/C10H15N5S2/c11-9(12)16-5-7(6-17-10(13)14)8-3-1-2-4-15-8/h1-4,7H,5-6H2,(H3,11,12)(H3,13,14). The van der Waals surface area contributed by atoms with E-state index in [9.17, 15) is 0 Å². The summed E-state index contributed by atoms with van der Waals surface area (Å²) in [6, 6.07) is 5.72. The van der Waals surface area contributed by atoms with Crippen LogP contribution in [0.4, 0.5) is 0 Å². The summed E-state index contributed by atoms with van der Waals surface area (Å²) in [5, 5.41) is 14.6. The summed E-state index contributed by atoms with van der Waals surface area (Å²) in [7, 11) is 0. The minimum absolute atomic E-state index is 0.0961. The van der Waals surface area contributed by atoms with Crippen LogP contribution >= 0.6 is 23.5 Å². The normalized spacial score (nSPS) is 12.0. The molecule has 0 saturated carbocycles. The number of hydrogen-bond donors (Lipinski definition) is 4. The molecule has 0 bridgehead atoms. The van der Waals surface area contributed by atoms with Crippen LogP contribution in [-0.4, -0.2) is 26.8 Å². The van der Waals surface area contributed by atoms with Gasteiger partial charge in [0.15, 0.2) is 10.3 Å². The van der Waals surface area contributed by atoms with Gasteiger partial charge in [0, 0.05) is 29.3 Å². The zero-order chi connectivity index (χ0) is 12.7. The number of rotatable bonds is 5. The molecular weight excluding hydrogens is 254 g/mol. The Labute approximate surface area is 109 Å². The zero-order valence-corrected chi connectivity index (χ0v) is 10.9. The maximum Gasteiger partial charge on any atom is 0.151 e. The molecule has 0 radical (unpaired) electrons. The molecule has 92 valence electrons. The number of hydrogen-bond acceptors (Lipinski definition) is 5. The van der Waals surface area contributed by atoms with Crippen molar-refractivity contribution >= 4 is 33.9 Å². The van der Waals surface area contributed by atoms with Gasteiger partial charge >= 0.3 is 0 Å². The monoisotopic (exact) mass is 269 g/mol. The van der Waals surface area contributed by atoms with Gasteiger partial charge in [0.25, 0.3) is 0 Å². The highest BCUT2D eigenvalue weighted by atomic mass is 32.2. The van der Waals surface area contributed by atoms with Gasteiger partial charge in [0.1, 0.15) is 0 Å². The fourth-order valence-corrected chi connectivity index (χ4v) is 2.70. The van der Waals surface area contributed by atoms with Gasteiger partial charge in [0.05, 0.1) is 0 Å². The molecule has 1 aromatic heterocycles. The van der Waals surface area contributed by atoms with Gasteiger partial charge in [0.2, 0.25) is 0 Å². The number of aromatic nitrogens is 1. The van der Waals surface area contributed by atoms with Crippen molar-refractivity contribution in [1.82, 2.24) is 4.98 Å². The lowest BCUT2D eigenvalue weighted by Crippen LogP contribution is -2.14. The lowest BCUT2D eigenvalue weighted by molar-refractivity contribution is 0.850. The predicted octanol–water partition coefficient (Wildman–Crippen LogP) is 1.42. The van der Waals surface area contributed by atoms with Crippen molar-refractivity contribution in [2.75, 3.05) is 11.5 Å². The van der Waals surface area contributed by atoms with Crippen LogP contribution in [0.2, 0.25) is 0 Å². The summed E-state index contributed by atoms with van der Waals surface area (Å²) in [5.41, 5.74) is 11.6. The molecule has 6 N–H and O–H groups in total. The van der Waals surface area contributed by atoms with E-state index in [1.807, 2.05) is 18.2 Å². The average Bonchev–Trinajstić information content (AvgIpc) is 2.29. The number of pyridine rings is 1. The summed E-state index contributed by atoms with van der Waals surface area (Å²) >= 11 is 2.56. The van der Waals surface area contributed by atoms with Crippen molar-refractivity contribution in [2.24, 2.45) is 11.5 Å². The first-order valence-corrected chi connectivity index (χ1v) is 6.91. The lowest BCUT2D eigenvalue weighted by atomic mass is 10.1. The summed E-state index contributed by atoms with van der Waals surface area (Å²) in [5.74, 6) is 1.48. The van der Waals surface area contributed by atoms with Crippen LogP contribution in [0.25, 0.3) is 0 Å². The van der Waals surface area contributed by atoms with Gasteiger partial charge < -0.3 is 11.5 Å². The van der Waals surface area contributed by atoms with Crippen molar-refractivity contribution in [3.8, 4) is 0 Å². The summed E-state index contributed by atoms with van der Waals surface area (Å²) < 4.78 is 0. The number of nitrogens with two attached hydrogens (primary N) is 2. The molecule has 7 heteroatoms. The molecule has 0 aromatic carbocycles. The van der Waals surface area contributed by atoms with E-state index >= 15 is 0 Å². The Kier molecular flexibility index (Phi) is 5.85. The maximum absolute atomic E-state index is 7.21. The third kappa shape index (κ3) is 5.60. The fourth-order valence-electron chi connectivity index (χ4n) is 1.22. The summed E-state index contributed by atoms with van der Waals surface area (Å²) in [6.45, 7) is 0. The Morgan fingerprint density at radius 1 is 1.18 bits per heavy atom. The Bertz CT molecular complexity index is 364. The van der Waals surface area contributed by atoms with E-state index < -0.39 is 0 Å². The summed E-state index contributed by atoms with van der Waals surface area (Å²) in [6.07, 6.45) is 1.74. The highest BCUT2D eigenvalue weighted by molar-refractivity contribution is 8.14.